The number of nitrogens with zero attached hydrogens (tertiary/aromatic N) is 3. The Morgan fingerprint density at radius 1 is 1.26 bits per heavy atom. The van der Waals surface area contributed by atoms with E-state index in [0.29, 0.717) is 27.9 Å². The van der Waals surface area contributed by atoms with Crippen LogP contribution in [-0.4, -0.2) is 42.9 Å². The largest absolute Gasteiger partial charge is 0.336 e. The number of hydrogen-bond acceptors (Lipinski definition) is 4. The van der Waals surface area contributed by atoms with Gasteiger partial charge in [-0.2, -0.15) is 0 Å². The number of halogens is 4. The maximum absolute atomic E-state index is 14.2. The molecule has 0 aliphatic heterocycles. The second kappa shape index (κ2) is 10.5. The van der Waals surface area contributed by atoms with Crippen LogP contribution in [0.1, 0.15) is 5.69 Å². The number of benzene rings is 1. The van der Waals surface area contributed by atoms with Crippen LogP contribution in [0.3, 0.4) is 0 Å². The first kappa shape index (κ1) is 27.0. The third kappa shape index (κ3) is 5.24. The van der Waals surface area contributed by atoms with Gasteiger partial charge in [0.2, 0.25) is 10.0 Å². The zero-order chi connectivity index (χ0) is 21.3. The van der Waals surface area contributed by atoms with Gasteiger partial charge in [-0.25, -0.2) is 21.5 Å². The minimum Gasteiger partial charge on any atom is -0.336 e. The molecule has 31 heavy (non-hydrogen) atoms. The molecule has 0 saturated carbocycles. The van der Waals surface area contributed by atoms with Crippen LogP contribution in [-0.2, 0) is 16.6 Å². The van der Waals surface area contributed by atoms with E-state index >= 15 is 0 Å². The lowest BCUT2D eigenvalue weighted by atomic mass is 10.1. The molecule has 0 saturated heterocycles. The number of nitrogens with two attached hydrogens (primary N) is 1. The Morgan fingerprint density at radius 3 is 2.55 bits per heavy atom. The third-order valence-corrected chi connectivity index (χ3v) is 6.49. The van der Waals surface area contributed by atoms with Crippen molar-refractivity contribution in [1.29, 1.82) is 0 Å². The SMILES string of the molecule is Cc1c(-c2cccc(S(=O)(=O)N(C)C)c2)c2ncc(F)cc2n1C/C(F)=C/CN.Cl.Cl. The molecular formula is C20H24Cl2F2N4O2S. The molecule has 0 atom stereocenters. The van der Waals surface area contributed by atoms with Gasteiger partial charge in [-0.3, -0.25) is 4.98 Å². The summed E-state index contributed by atoms with van der Waals surface area (Å²) < 4.78 is 55.8. The highest BCUT2D eigenvalue weighted by Crippen LogP contribution is 2.35. The van der Waals surface area contributed by atoms with Gasteiger partial charge in [-0.05, 0) is 30.7 Å². The molecule has 3 aromatic rings. The van der Waals surface area contributed by atoms with Gasteiger partial charge in [-0.15, -0.1) is 24.8 Å². The van der Waals surface area contributed by atoms with Gasteiger partial charge in [0.1, 0.15) is 11.6 Å². The van der Waals surface area contributed by atoms with Crippen molar-refractivity contribution in [3.05, 3.63) is 59.9 Å². The summed E-state index contributed by atoms with van der Waals surface area (Å²) in [5.41, 5.74) is 8.11. The predicted molar refractivity (Wildman–Crippen MR) is 123 cm³/mol. The number of rotatable bonds is 6. The van der Waals surface area contributed by atoms with Crippen LogP contribution in [0.15, 0.2) is 53.3 Å². The molecule has 0 fully saturated rings. The molecule has 2 aromatic heterocycles. The van der Waals surface area contributed by atoms with Crippen LogP contribution in [0.5, 0.6) is 0 Å². The van der Waals surface area contributed by atoms with Crippen molar-refractivity contribution in [3.63, 3.8) is 0 Å². The van der Waals surface area contributed by atoms with E-state index in [1.807, 2.05) is 0 Å². The molecule has 0 aliphatic carbocycles. The van der Waals surface area contributed by atoms with Crippen LogP contribution in [0.2, 0.25) is 0 Å². The van der Waals surface area contributed by atoms with Crippen molar-refractivity contribution in [2.75, 3.05) is 20.6 Å². The van der Waals surface area contributed by atoms with Crippen LogP contribution < -0.4 is 5.73 Å². The molecule has 0 unspecified atom stereocenters. The van der Waals surface area contributed by atoms with E-state index in [0.717, 1.165) is 10.5 Å². The Kier molecular flexibility index (Phi) is 9.16. The Morgan fingerprint density at radius 2 is 1.94 bits per heavy atom. The normalized spacial score (nSPS) is 12.0. The number of allylic oxidation sites excluding steroid dienone is 1. The van der Waals surface area contributed by atoms with E-state index in [1.165, 1.54) is 32.3 Å². The summed E-state index contributed by atoms with van der Waals surface area (Å²) in [6.45, 7) is 1.69. The minimum absolute atomic E-state index is 0. The Bertz CT molecular complexity index is 1210. The van der Waals surface area contributed by atoms with Crippen molar-refractivity contribution >= 4 is 45.9 Å². The third-order valence-electron chi connectivity index (χ3n) is 4.68. The maximum atomic E-state index is 14.2. The van der Waals surface area contributed by atoms with Crippen LogP contribution in [0, 0.1) is 12.7 Å². The first-order valence-corrected chi connectivity index (χ1v) is 10.3. The highest BCUT2D eigenvalue weighted by molar-refractivity contribution is 7.89. The number of aromatic nitrogens is 2. The molecule has 3 rings (SSSR count). The summed E-state index contributed by atoms with van der Waals surface area (Å²) in [5.74, 6) is -0.998. The molecule has 0 amide bonds. The Labute approximate surface area is 192 Å². The van der Waals surface area contributed by atoms with Crippen molar-refractivity contribution in [3.8, 4) is 11.1 Å². The van der Waals surface area contributed by atoms with Gasteiger partial charge in [0.15, 0.2) is 0 Å². The first-order valence-electron chi connectivity index (χ1n) is 8.88. The van der Waals surface area contributed by atoms with E-state index in [1.54, 1.807) is 29.7 Å². The zero-order valence-electron chi connectivity index (χ0n) is 17.2. The second-order valence-electron chi connectivity index (χ2n) is 6.77. The lowest BCUT2D eigenvalue weighted by Gasteiger charge is -2.12. The Hall–Kier alpha value is -2.04. The number of pyridine rings is 1. The lowest BCUT2D eigenvalue weighted by Crippen LogP contribution is -2.22. The maximum Gasteiger partial charge on any atom is 0.242 e. The fraction of sp³-hybridized carbons (Fsp3) is 0.250. The lowest BCUT2D eigenvalue weighted by molar-refractivity contribution is 0.521. The first-order chi connectivity index (χ1) is 13.7. The van der Waals surface area contributed by atoms with Crippen LogP contribution >= 0.6 is 24.8 Å². The van der Waals surface area contributed by atoms with E-state index in [9.17, 15) is 17.2 Å². The van der Waals surface area contributed by atoms with Crippen molar-refractivity contribution in [1.82, 2.24) is 13.9 Å². The molecule has 11 heteroatoms. The van der Waals surface area contributed by atoms with Crippen LogP contribution in [0.25, 0.3) is 22.2 Å². The molecule has 6 nitrogen and oxygen atoms in total. The molecule has 0 radical (unpaired) electrons. The monoisotopic (exact) mass is 492 g/mol. The average Bonchev–Trinajstić information content (AvgIpc) is 2.93. The smallest absolute Gasteiger partial charge is 0.242 e. The fourth-order valence-electron chi connectivity index (χ4n) is 3.23. The standard InChI is InChI=1S/C20H22F2N4O2S.2ClH/c1-13-19(14-5-4-6-17(9-14)29(27,28)25(2)3)20-18(10-16(22)11-24-20)26(13)12-15(21)7-8-23;;/h4-7,9-11H,8,12,23H2,1-3H3;2*1H/b15-7-;;. The second-order valence-corrected chi connectivity index (χ2v) is 8.92. The molecule has 2 N–H and O–H groups in total. The van der Waals surface area contributed by atoms with Gasteiger partial charge in [0.25, 0.3) is 0 Å². The van der Waals surface area contributed by atoms with Crippen molar-refractivity contribution in [2.24, 2.45) is 5.73 Å². The van der Waals surface area contributed by atoms with E-state index in [4.69, 9.17) is 5.73 Å². The van der Waals surface area contributed by atoms with Crippen LogP contribution in [0.4, 0.5) is 8.78 Å². The van der Waals surface area contributed by atoms with Crippen molar-refractivity contribution in [2.45, 2.75) is 18.4 Å². The zero-order valence-corrected chi connectivity index (χ0v) is 19.6. The summed E-state index contributed by atoms with van der Waals surface area (Å²) in [6, 6.07) is 7.71. The van der Waals surface area contributed by atoms with E-state index in [-0.39, 0.29) is 42.8 Å². The molecule has 0 aliphatic rings. The molecule has 0 bridgehead atoms. The Balaban J connectivity index is 0.00000240. The van der Waals surface area contributed by atoms with Crippen molar-refractivity contribution < 1.29 is 17.2 Å². The highest BCUT2D eigenvalue weighted by atomic mass is 35.5. The fourth-order valence-corrected chi connectivity index (χ4v) is 4.18. The summed E-state index contributed by atoms with van der Waals surface area (Å²) in [5, 5.41) is 0. The van der Waals surface area contributed by atoms with E-state index in [2.05, 4.69) is 4.98 Å². The van der Waals surface area contributed by atoms with Gasteiger partial charge in [0.05, 0.1) is 28.7 Å². The number of hydrogen-bond donors (Lipinski definition) is 1. The quantitative estimate of drug-likeness (QED) is 0.562. The summed E-state index contributed by atoms with van der Waals surface area (Å²) >= 11 is 0. The molecule has 0 spiro atoms. The summed E-state index contributed by atoms with van der Waals surface area (Å²) in [6.07, 6.45) is 2.34. The average molecular weight is 493 g/mol. The number of fused-ring (bicyclic) bond motifs is 1. The van der Waals surface area contributed by atoms with Gasteiger partial charge >= 0.3 is 0 Å². The summed E-state index contributed by atoms with van der Waals surface area (Å²) in [4.78, 5) is 4.32. The molecule has 2 heterocycles. The number of sulfonamides is 1. The summed E-state index contributed by atoms with van der Waals surface area (Å²) in [7, 11) is -0.728. The molecular weight excluding hydrogens is 469 g/mol. The van der Waals surface area contributed by atoms with Gasteiger partial charge in [0, 0.05) is 38.0 Å². The molecule has 170 valence electrons. The topological polar surface area (TPSA) is 81.2 Å². The predicted octanol–water partition coefficient (Wildman–Crippen LogP) is 4.06. The minimum atomic E-state index is -3.64. The highest BCUT2D eigenvalue weighted by Gasteiger charge is 2.22. The molecule has 1 aromatic carbocycles. The van der Waals surface area contributed by atoms with Gasteiger partial charge in [-0.1, -0.05) is 12.1 Å². The van der Waals surface area contributed by atoms with E-state index < -0.39 is 21.7 Å². The van der Waals surface area contributed by atoms with Gasteiger partial charge < -0.3 is 10.3 Å².